The summed E-state index contributed by atoms with van der Waals surface area (Å²) in [6.45, 7) is 0.815. The molecule has 0 saturated carbocycles. The number of ether oxygens (including phenoxy) is 1. The van der Waals surface area contributed by atoms with E-state index in [1.807, 2.05) is 23.0 Å². The van der Waals surface area contributed by atoms with Gasteiger partial charge >= 0.3 is 6.85 Å². The third kappa shape index (κ3) is 1.96. The lowest BCUT2D eigenvalue weighted by molar-refractivity contribution is 0.415. The predicted octanol–water partition coefficient (Wildman–Crippen LogP) is 2.61. The van der Waals surface area contributed by atoms with E-state index in [0.717, 1.165) is 30.7 Å². The summed E-state index contributed by atoms with van der Waals surface area (Å²) in [5.74, 6) is 3.07. The minimum atomic E-state index is -0.0652. The molecular weight excluding hydrogens is 222 g/mol. The van der Waals surface area contributed by atoms with E-state index in [-0.39, 0.29) is 6.85 Å². The molecule has 82 valence electrons. The Bertz CT molecular complexity index is 432. The van der Waals surface area contributed by atoms with Crippen LogP contribution in [0.3, 0.4) is 0 Å². The number of halogens is 1. The lowest BCUT2D eigenvalue weighted by atomic mass is 9.61. The van der Waals surface area contributed by atoms with Gasteiger partial charge in [0.2, 0.25) is 0 Å². The van der Waals surface area contributed by atoms with Crippen LogP contribution in [0.15, 0.2) is 18.2 Å². The molecule has 0 aromatic heterocycles. The largest absolute Gasteiger partial charge is 0.497 e. The van der Waals surface area contributed by atoms with Gasteiger partial charge in [0, 0.05) is 24.3 Å². The molecule has 1 aliphatic rings. The highest BCUT2D eigenvalue weighted by Gasteiger charge is 2.30. The number of hydrogen-bond donors (Lipinski definition) is 0. The van der Waals surface area contributed by atoms with Gasteiger partial charge in [0.15, 0.2) is 0 Å². The zero-order valence-electron chi connectivity index (χ0n) is 9.11. The van der Waals surface area contributed by atoms with Gasteiger partial charge in [-0.2, -0.15) is 0 Å². The number of nitriles is 1. The lowest BCUT2D eigenvalue weighted by Gasteiger charge is -2.22. The van der Waals surface area contributed by atoms with Crippen LogP contribution in [0.25, 0.3) is 0 Å². The van der Waals surface area contributed by atoms with Crippen molar-refractivity contribution in [2.24, 2.45) is 0 Å². The first kappa shape index (κ1) is 11.2. The number of hydrogen-bond acceptors (Lipinski definition) is 3. The van der Waals surface area contributed by atoms with Crippen LogP contribution >= 0.6 is 11.6 Å². The minimum absolute atomic E-state index is 0.0652. The first-order valence-corrected chi connectivity index (χ1v) is 5.64. The average Bonchev–Trinajstić information content (AvgIpc) is 2.77. The fourth-order valence-electron chi connectivity index (χ4n) is 2.03. The van der Waals surface area contributed by atoms with Gasteiger partial charge in [0.05, 0.1) is 12.1 Å². The van der Waals surface area contributed by atoms with Crippen LogP contribution in [0.4, 0.5) is 5.69 Å². The average molecular weight is 234 g/mol. The normalized spacial score (nSPS) is 15.1. The molecule has 1 aromatic rings. The lowest BCUT2D eigenvalue weighted by Crippen LogP contribution is -2.32. The number of benzene rings is 1. The van der Waals surface area contributed by atoms with E-state index in [2.05, 4.69) is 5.97 Å². The maximum absolute atomic E-state index is 9.05. The molecule has 1 aliphatic heterocycles. The molecule has 0 aliphatic carbocycles. The fourth-order valence-corrected chi connectivity index (χ4v) is 2.25. The highest BCUT2D eigenvalue weighted by atomic mass is 35.5. The molecule has 5 heteroatoms. The molecular formula is C11H12BClN2O. The van der Waals surface area contributed by atoms with Gasteiger partial charge in [-0.1, -0.05) is 11.6 Å². The molecule has 3 nitrogen and oxygen atoms in total. The molecule has 0 bridgehead atoms. The number of nitrogens with zero attached hydrogens (tertiary/aromatic N) is 2. The summed E-state index contributed by atoms with van der Waals surface area (Å²) in [6, 6.07) is 5.52. The molecule has 16 heavy (non-hydrogen) atoms. The van der Waals surface area contributed by atoms with E-state index in [0.29, 0.717) is 5.02 Å². The van der Waals surface area contributed by atoms with Crippen LogP contribution in [-0.2, 0) is 0 Å². The van der Waals surface area contributed by atoms with Crippen LogP contribution in [0, 0.1) is 11.2 Å². The summed E-state index contributed by atoms with van der Waals surface area (Å²) in [6.07, 6.45) is 1.94. The summed E-state index contributed by atoms with van der Waals surface area (Å²) in [4.78, 5) is 2.05. The molecule has 0 N–H and O–H groups in total. The number of anilines is 1. The molecule has 0 unspecified atom stereocenters. The Hall–Kier alpha value is -1.34. The van der Waals surface area contributed by atoms with Crippen molar-refractivity contribution in [3.05, 3.63) is 23.2 Å². The van der Waals surface area contributed by atoms with Crippen LogP contribution in [0.1, 0.15) is 6.42 Å². The summed E-state index contributed by atoms with van der Waals surface area (Å²) in [5.41, 5.74) is 0.894. The second-order valence-corrected chi connectivity index (χ2v) is 4.21. The van der Waals surface area contributed by atoms with Crippen molar-refractivity contribution < 1.29 is 4.74 Å². The Morgan fingerprint density at radius 3 is 3.06 bits per heavy atom. The maximum atomic E-state index is 9.05. The van der Waals surface area contributed by atoms with Crippen LogP contribution < -0.4 is 9.55 Å². The Morgan fingerprint density at radius 2 is 2.38 bits per heavy atom. The van der Waals surface area contributed by atoms with Crippen LogP contribution in [0.2, 0.25) is 11.3 Å². The number of methoxy groups -OCH3 is 1. The summed E-state index contributed by atoms with van der Waals surface area (Å²) in [7, 11) is 1.62. The van der Waals surface area contributed by atoms with Crippen molar-refractivity contribution in [1.82, 2.24) is 0 Å². The van der Waals surface area contributed by atoms with Gasteiger partial charge in [-0.3, -0.25) is 0 Å². The van der Waals surface area contributed by atoms with Gasteiger partial charge in [0.1, 0.15) is 5.75 Å². The van der Waals surface area contributed by atoms with Crippen LogP contribution in [-0.4, -0.2) is 20.5 Å². The third-order valence-corrected chi connectivity index (χ3v) is 3.18. The van der Waals surface area contributed by atoms with Gasteiger partial charge in [-0.05, 0) is 24.9 Å². The van der Waals surface area contributed by atoms with Crippen molar-refractivity contribution in [1.29, 1.82) is 5.26 Å². The highest BCUT2D eigenvalue weighted by molar-refractivity contribution is 6.71. The molecule has 1 saturated heterocycles. The second kappa shape index (κ2) is 4.67. The minimum Gasteiger partial charge on any atom is -0.497 e. The van der Waals surface area contributed by atoms with Crippen molar-refractivity contribution in [2.75, 3.05) is 18.5 Å². The summed E-state index contributed by atoms with van der Waals surface area (Å²) >= 11 is 6.15. The first-order chi connectivity index (χ1) is 7.76. The van der Waals surface area contributed by atoms with E-state index in [9.17, 15) is 0 Å². The smallest absolute Gasteiger partial charge is 0.378 e. The molecule has 1 fully saturated rings. The van der Waals surface area contributed by atoms with E-state index in [1.54, 1.807) is 7.11 Å². The van der Waals surface area contributed by atoms with E-state index < -0.39 is 0 Å². The van der Waals surface area contributed by atoms with E-state index >= 15 is 0 Å². The van der Waals surface area contributed by atoms with E-state index in [1.165, 1.54) is 0 Å². The predicted molar refractivity (Wildman–Crippen MR) is 66.1 cm³/mol. The van der Waals surface area contributed by atoms with Crippen molar-refractivity contribution >= 4 is 24.1 Å². The van der Waals surface area contributed by atoms with E-state index in [4.69, 9.17) is 21.6 Å². The Morgan fingerprint density at radius 1 is 1.56 bits per heavy atom. The Kier molecular flexibility index (Phi) is 3.26. The topological polar surface area (TPSA) is 36.3 Å². The van der Waals surface area contributed by atoms with Gasteiger partial charge < -0.3 is 9.55 Å². The van der Waals surface area contributed by atoms with Gasteiger partial charge in [0.25, 0.3) is 0 Å². The van der Waals surface area contributed by atoms with Crippen LogP contribution in [0.5, 0.6) is 5.75 Å². The Labute approximate surface area is 101 Å². The molecule has 0 atom stereocenters. The van der Waals surface area contributed by atoms with Gasteiger partial charge in [-0.25, -0.2) is 5.26 Å². The zero-order chi connectivity index (χ0) is 11.5. The second-order valence-electron chi connectivity index (χ2n) is 3.80. The third-order valence-electron chi connectivity index (χ3n) is 2.86. The molecule has 0 spiro atoms. The number of rotatable bonds is 2. The molecule has 0 amide bonds. The quantitative estimate of drug-likeness (QED) is 0.738. The first-order valence-electron chi connectivity index (χ1n) is 5.26. The van der Waals surface area contributed by atoms with Crippen molar-refractivity contribution in [3.63, 3.8) is 0 Å². The molecule has 0 radical (unpaired) electrons. The highest BCUT2D eigenvalue weighted by Crippen LogP contribution is 2.33. The SMILES string of the molecule is COc1ccc(Cl)c(N2CCCB2C#N)c1. The molecule has 1 aromatic carbocycles. The maximum Gasteiger partial charge on any atom is 0.378 e. The van der Waals surface area contributed by atoms with Crippen molar-refractivity contribution in [2.45, 2.75) is 12.7 Å². The summed E-state index contributed by atoms with van der Waals surface area (Å²) < 4.78 is 5.17. The monoisotopic (exact) mass is 234 g/mol. The zero-order valence-corrected chi connectivity index (χ0v) is 9.87. The molecule has 1 heterocycles. The van der Waals surface area contributed by atoms with Gasteiger partial charge in [-0.15, -0.1) is 0 Å². The fraction of sp³-hybridized carbons (Fsp3) is 0.364. The summed E-state index contributed by atoms with van der Waals surface area (Å²) in [5, 5.41) is 9.72. The Balaban J connectivity index is 2.35. The standard InChI is InChI=1S/C11H12BClN2O/c1-16-9-3-4-10(13)11(7-9)15-6-2-5-12(15)8-14/h3-4,7H,2,5-6H2,1H3. The molecule has 2 rings (SSSR count). The van der Waals surface area contributed by atoms with Crippen molar-refractivity contribution in [3.8, 4) is 11.7 Å².